The van der Waals surface area contributed by atoms with Gasteiger partial charge in [0.1, 0.15) is 21.0 Å². The molecule has 0 heterocycles. The van der Waals surface area contributed by atoms with Crippen molar-refractivity contribution in [1.29, 1.82) is 0 Å². The number of ether oxygens (including phenoxy) is 2. The summed E-state index contributed by atoms with van der Waals surface area (Å²) in [7, 11) is 0. The van der Waals surface area contributed by atoms with Crippen LogP contribution in [0.4, 0.5) is 0 Å². The number of alkyl halides is 1. The van der Waals surface area contributed by atoms with Gasteiger partial charge in [-0.05, 0) is 74.6 Å². The van der Waals surface area contributed by atoms with E-state index in [2.05, 4.69) is 36.4 Å². The molecule has 1 aromatic carbocycles. The Morgan fingerprint density at radius 2 is 1.77 bits per heavy atom. The van der Waals surface area contributed by atoms with E-state index in [0.717, 1.165) is 36.8 Å². The summed E-state index contributed by atoms with van der Waals surface area (Å²) >= 11 is 2.12. The SMILES string of the molecule is CCC(I)C(=O)Oc1ccc(OC(CC)(CC)C2CC3CCC2C3)cc1. The lowest BCUT2D eigenvalue weighted by Crippen LogP contribution is -2.45. The molecule has 2 saturated carbocycles. The Morgan fingerprint density at radius 3 is 2.27 bits per heavy atom. The largest absolute Gasteiger partial charge is 0.487 e. The van der Waals surface area contributed by atoms with Gasteiger partial charge in [-0.25, -0.2) is 0 Å². The standard InChI is InChI=1S/C22H31IO3/c1-4-20(23)21(24)25-17-9-11-18(12-10-17)26-22(5-2,6-3)19-14-15-7-8-16(19)13-15/h9-12,15-16,19-20H,4-8,13-14H2,1-3H3. The summed E-state index contributed by atoms with van der Waals surface area (Å²) < 4.78 is 12.0. The molecule has 0 spiro atoms. The molecule has 0 radical (unpaired) electrons. The summed E-state index contributed by atoms with van der Waals surface area (Å²) in [4.78, 5) is 11.9. The number of hydrogen-bond acceptors (Lipinski definition) is 3. The van der Waals surface area contributed by atoms with Crippen molar-refractivity contribution in [3.05, 3.63) is 24.3 Å². The maximum Gasteiger partial charge on any atom is 0.324 e. The lowest BCUT2D eigenvalue weighted by atomic mass is 9.73. The van der Waals surface area contributed by atoms with Gasteiger partial charge in [-0.2, -0.15) is 0 Å². The van der Waals surface area contributed by atoms with Gasteiger partial charge in [0.05, 0.1) is 0 Å². The van der Waals surface area contributed by atoms with E-state index in [1.54, 1.807) is 0 Å². The molecule has 0 saturated heterocycles. The lowest BCUT2D eigenvalue weighted by Gasteiger charge is -2.42. The first kappa shape index (κ1) is 20.0. The summed E-state index contributed by atoms with van der Waals surface area (Å²) in [6.07, 6.45) is 8.39. The van der Waals surface area contributed by atoms with Crippen LogP contribution >= 0.6 is 22.6 Å². The number of benzene rings is 1. The second-order valence-electron chi connectivity index (χ2n) is 7.92. The third-order valence-corrected chi connectivity index (χ3v) is 7.98. The van der Waals surface area contributed by atoms with Gasteiger partial charge in [0.25, 0.3) is 0 Å². The Kier molecular flexibility index (Phi) is 6.52. The smallest absolute Gasteiger partial charge is 0.324 e. The Balaban J connectivity index is 1.69. The topological polar surface area (TPSA) is 35.5 Å². The summed E-state index contributed by atoms with van der Waals surface area (Å²) in [6.45, 7) is 6.51. The predicted octanol–water partition coefficient (Wildman–Crippen LogP) is 6.18. The normalized spacial score (nSPS) is 25.9. The Morgan fingerprint density at radius 1 is 1.12 bits per heavy atom. The highest BCUT2D eigenvalue weighted by molar-refractivity contribution is 14.1. The van der Waals surface area contributed by atoms with Gasteiger partial charge in [0, 0.05) is 5.92 Å². The van der Waals surface area contributed by atoms with Gasteiger partial charge in [-0.15, -0.1) is 0 Å². The maximum absolute atomic E-state index is 11.9. The Labute approximate surface area is 171 Å². The summed E-state index contributed by atoms with van der Waals surface area (Å²) in [5.74, 6) is 3.74. The molecule has 2 aliphatic carbocycles. The first-order chi connectivity index (χ1) is 12.5. The van der Waals surface area contributed by atoms with Crippen LogP contribution in [0.2, 0.25) is 0 Å². The predicted molar refractivity (Wildman–Crippen MR) is 113 cm³/mol. The molecule has 0 N–H and O–H groups in total. The molecule has 144 valence electrons. The molecule has 3 nitrogen and oxygen atoms in total. The summed E-state index contributed by atoms with van der Waals surface area (Å²) in [6, 6.07) is 7.60. The molecule has 1 aromatic rings. The summed E-state index contributed by atoms with van der Waals surface area (Å²) in [5.41, 5.74) is -0.0620. The fourth-order valence-electron chi connectivity index (χ4n) is 5.04. The van der Waals surface area contributed by atoms with Gasteiger partial charge in [0.2, 0.25) is 0 Å². The van der Waals surface area contributed by atoms with Crippen molar-refractivity contribution in [2.45, 2.75) is 75.2 Å². The highest BCUT2D eigenvalue weighted by Gasteiger charge is 2.50. The Bertz CT molecular complexity index is 608. The van der Waals surface area contributed by atoms with Crippen LogP contribution in [0.5, 0.6) is 11.5 Å². The van der Waals surface area contributed by atoms with Crippen LogP contribution in [0.1, 0.15) is 65.7 Å². The van der Waals surface area contributed by atoms with E-state index in [-0.39, 0.29) is 15.5 Å². The van der Waals surface area contributed by atoms with E-state index in [1.165, 1.54) is 25.7 Å². The highest BCUT2D eigenvalue weighted by Crippen LogP contribution is 2.54. The second kappa shape index (κ2) is 8.49. The zero-order valence-corrected chi connectivity index (χ0v) is 18.3. The van der Waals surface area contributed by atoms with Crippen molar-refractivity contribution in [2.75, 3.05) is 0 Å². The number of fused-ring (bicyclic) bond motifs is 2. The number of rotatable bonds is 8. The molecular weight excluding hydrogens is 439 g/mol. The lowest BCUT2D eigenvalue weighted by molar-refractivity contribution is -0.133. The summed E-state index contributed by atoms with van der Waals surface area (Å²) in [5, 5.41) is 0. The molecule has 3 rings (SSSR count). The van der Waals surface area contributed by atoms with Crippen molar-refractivity contribution in [2.24, 2.45) is 17.8 Å². The molecular formula is C22H31IO3. The van der Waals surface area contributed by atoms with E-state index < -0.39 is 0 Å². The fourth-order valence-corrected chi connectivity index (χ4v) is 5.17. The first-order valence-electron chi connectivity index (χ1n) is 10.2. The number of esters is 1. The van der Waals surface area contributed by atoms with Gasteiger partial charge in [-0.1, -0.05) is 49.8 Å². The van der Waals surface area contributed by atoms with Crippen LogP contribution in [0.15, 0.2) is 24.3 Å². The van der Waals surface area contributed by atoms with E-state index in [9.17, 15) is 4.79 Å². The van der Waals surface area contributed by atoms with Gasteiger partial charge >= 0.3 is 5.97 Å². The number of carbonyl (C=O) groups excluding carboxylic acids is 1. The van der Waals surface area contributed by atoms with Crippen molar-refractivity contribution in [1.82, 2.24) is 0 Å². The molecule has 0 aromatic heterocycles. The van der Waals surface area contributed by atoms with Gasteiger partial charge < -0.3 is 9.47 Å². The monoisotopic (exact) mass is 470 g/mol. The average molecular weight is 470 g/mol. The van der Waals surface area contributed by atoms with Crippen LogP contribution in [0.3, 0.4) is 0 Å². The van der Waals surface area contributed by atoms with Crippen LogP contribution < -0.4 is 9.47 Å². The molecule has 26 heavy (non-hydrogen) atoms. The van der Waals surface area contributed by atoms with E-state index in [1.807, 2.05) is 31.2 Å². The van der Waals surface area contributed by atoms with Gasteiger partial charge in [0.15, 0.2) is 0 Å². The van der Waals surface area contributed by atoms with Gasteiger partial charge in [-0.3, -0.25) is 4.79 Å². The Hall–Kier alpha value is -0.780. The second-order valence-corrected chi connectivity index (χ2v) is 9.43. The van der Waals surface area contributed by atoms with Crippen LogP contribution in [-0.4, -0.2) is 15.5 Å². The van der Waals surface area contributed by atoms with Crippen molar-refractivity contribution < 1.29 is 14.3 Å². The molecule has 4 heteroatoms. The molecule has 0 amide bonds. The number of hydrogen-bond donors (Lipinski definition) is 0. The molecule has 4 atom stereocenters. The van der Waals surface area contributed by atoms with Crippen LogP contribution in [-0.2, 0) is 4.79 Å². The third-order valence-electron chi connectivity index (χ3n) is 6.59. The van der Waals surface area contributed by atoms with E-state index >= 15 is 0 Å². The zero-order chi connectivity index (χ0) is 18.7. The van der Waals surface area contributed by atoms with Crippen molar-refractivity contribution in [3.8, 4) is 11.5 Å². The van der Waals surface area contributed by atoms with Crippen LogP contribution in [0.25, 0.3) is 0 Å². The minimum Gasteiger partial charge on any atom is -0.487 e. The zero-order valence-electron chi connectivity index (χ0n) is 16.2. The molecule has 2 aliphatic rings. The molecule has 2 bridgehead atoms. The third kappa shape index (κ3) is 4.05. The number of carbonyl (C=O) groups is 1. The average Bonchev–Trinajstić information content (AvgIpc) is 3.30. The highest BCUT2D eigenvalue weighted by atomic mass is 127. The molecule has 2 fully saturated rings. The van der Waals surface area contributed by atoms with Crippen molar-refractivity contribution >= 4 is 28.6 Å². The first-order valence-corrected chi connectivity index (χ1v) is 11.4. The minimum atomic E-state index is -0.180. The maximum atomic E-state index is 11.9. The van der Waals surface area contributed by atoms with Crippen molar-refractivity contribution in [3.63, 3.8) is 0 Å². The van der Waals surface area contributed by atoms with E-state index in [4.69, 9.17) is 9.47 Å². The molecule has 4 unspecified atom stereocenters. The van der Waals surface area contributed by atoms with Crippen LogP contribution in [0, 0.1) is 17.8 Å². The minimum absolute atomic E-state index is 0.0620. The quantitative estimate of drug-likeness (QED) is 0.197. The fraction of sp³-hybridized carbons (Fsp3) is 0.682. The number of halogens is 1. The molecule has 0 aliphatic heterocycles. The van der Waals surface area contributed by atoms with E-state index in [0.29, 0.717) is 11.7 Å².